The Kier molecular flexibility index (Phi) is 5.64. The van der Waals surface area contributed by atoms with Gasteiger partial charge in [-0.05, 0) is 12.8 Å². The van der Waals surface area contributed by atoms with Crippen LogP contribution in [0.15, 0.2) is 30.3 Å². The second kappa shape index (κ2) is 8.49. The van der Waals surface area contributed by atoms with E-state index in [1.807, 2.05) is 35.2 Å². The van der Waals surface area contributed by atoms with E-state index in [-0.39, 0.29) is 12.1 Å². The fourth-order valence-corrected chi connectivity index (χ4v) is 3.68. The molecule has 1 atom stereocenters. The van der Waals surface area contributed by atoms with Crippen molar-refractivity contribution in [2.45, 2.75) is 18.9 Å². The number of H-pyrrole nitrogens is 1. The molecule has 1 aromatic heterocycles. The van der Waals surface area contributed by atoms with Crippen LogP contribution in [0.1, 0.15) is 24.7 Å². The predicted molar refractivity (Wildman–Crippen MR) is 101 cm³/mol. The highest BCUT2D eigenvalue weighted by Crippen LogP contribution is 2.30. The van der Waals surface area contributed by atoms with Gasteiger partial charge in [-0.15, -0.1) is 0 Å². The molecule has 2 amide bonds. The molecule has 2 N–H and O–H groups in total. The number of aromatic amines is 1. The first-order valence-electron chi connectivity index (χ1n) is 9.63. The Morgan fingerprint density at radius 2 is 2.04 bits per heavy atom. The Morgan fingerprint density at radius 3 is 2.85 bits per heavy atom. The third kappa shape index (κ3) is 4.28. The highest BCUT2D eigenvalue weighted by Gasteiger charge is 2.32. The van der Waals surface area contributed by atoms with Crippen molar-refractivity contribution < 1.29 is 9.53 Å². The summed E-state index contributed by atoms with van der Waals surface area (Å²) in [6.45, 7) is 5.66. The summed E-state index contributed by atoms with van der Waals surface area (Å²) in [7, 11) is 0. The number of hydrogen-bond acceptors (Lipinski definition) is 5. The van der Waals surface area contributed by atoms with Crippen LogP contribution in [0.4, 0.5) is 4.79 Å². The zero-order chi connectivity index (χ0) is 18.5. The molecule has 27 heavy (non-hydrogen) atoms. The van der Waals surface area contributed by atoms with E-state index in [1.165, 1.54) is 0 Å². The minimum Gasteiger partial charge on any atom is -0.379 e. The van der Waals surface area contributed by atoms with Crippen molar-refractivity contribution in [1.29, 1.82) is 0 Å². The molecule has 0 aliphatic carbocycles. The molecule has 2 aliphatic rings. The molecule has 0 spiro atoms. The number of carbonyl (C=O) groups is 1. The van der Waals surface area contributed by atoms with Gasteiger partial charge >= 0.3 is 6.03 Å². The molecule has 2 aromatic rings. The van der Waals surface area contributed by atoms with E-state index in [2.05, 4.69) is 25.4 Å². The zero-order valence-corrected chi connectivity index (χ0v) is 15.4. The van der Waals surface area contributed by atoms with Gasteiger partial charge in [0, 0.05) is 38.3 Å². The fraction of sp³-hybridized carbons (Fsp3) is 0.526. The van der Waals surface area contributed by atoms with Crippen LogP contribution in [0, 0.1) is 0 Å². The van der Waals surface area contributed by atoms with Gasteiger partial charge < -0.3 is 15.0 Å². The first-order valence-corrected chi connectivity index (χ1v) is 9.63. The van der Waals surface area contributed by atoms with Crippen LogP contribution in [0.3, 0.4) is 0 Å². The Labute approximate surface area is 158 Å². The molecular formula is C19H26N6O2. The lowest BCUT2D eigenvalue weighted by molar-refractivity contribution is 0.0385. The Balaban J connectivity index is 1.34. The van der Waals surface area contributed by atoms with Gasteiger partial charge in [-0.3, -0.25) is 10.00 Å². The van der Waals surface area contributed by atoms with E-state index in [0.717, 1.165) is 63.6 Å². The van der Waals surface area contributed by atoms with Gasteiger partial charge in [0.05, 0.1) is 19.3 Å². The number of likely N-dealkylation sites (tertiary alicyclic amines) is 1. The molecule has 3 heterocycles. The maximum Gasteiger partial charge on any atom is 0.318 e. The maximum absolute atomic E-state index is 12.7. The van der Waals surface area contributed by atoms with Crippen molar-refractivity contribution in [3.8, 4) is 11.4 Å². The number of nitrogens with zero attached hydrogens (tertiary/aromatic N) is 4. The van der Waals surface area contributed by atoms with Crippen molar-refractivity contribution in [3.05, 3.63) is 36.2 Å². The summed E-state index contributed by atoms with van der Waals surface area (Å²) in [5.41, 5.74) is 0.972. The summed E-state index contributed by atoms with van der Waals surface area (Å²) in [5.74, 6) is 1.43. The standard InChI is InChI=1S/C19H26N6O2/c26-19(20-8-10-24-11-13-27-14-12-24)25-9-4-7-16(25)18-21-17(22-23-18)15-5-2-1-3-6-15/h1-3,5-6,16H,4,7-14H2,(H,20,26)(H,21,22,23)/t16-/m0/s1. The minimum absolute atomic E-state index is 0.0246. The number of nitrogens with one attached hydrogen (secondary N) is 2. The lowest BCUT2D eigenvalue weighted by Gasteiger charge is -2.27. The summed E-state index contributed by atoms with van der Waals surface area (Å²) in [5, 5.41) is 10.4. The van der Waals surface area contributed by atoms with Gasteiger partial charge in [-0.2, -0.15) is 5.10 Å². The first kappa shape index (κ1) is 17.9. The first-order chi connectivity index (χ1) is 13.3. The Bertz CT molecular complexity index is 744. The van der Waals surface area contributed by atoms with Crippen LogP contribution < -0.4 is 5.32 Å². The molecule has 144 valence electrons. The summed E-state index contributed by atoms with van der Waals surface area (Å²) in [4.78, 5) is 21.5. The molecule has 2 saturated heterocycles. The average Bonchev–Trinajstić information content (AvgIpc) is 3.39. The summed E-state index contributed by atoms with van der Waals surface area (Å²) in [6, 6.07) is 9.80. The average molecular weight is 370 g/mol. The Hall–Kier alpha value is -2.45. The molecule has 0 saturated carbocycles. The second-order valence-corrected chi connectivity index (χ2v) is 6.95. The van der Waals surface area contributed by atoms with Crippen molar-refractivity contribution >= 4 is 6.03 Å². The Morgan fingerprint density at radius 1 is 1.22 bits per heavy atom. The number of amides is 2. The number of aromatic nitrogens is 3. The van der Waals surface area contributed by atoms with Gasteiger partial charge in [0.15, 0.2) is 5.82 Å². The van der Waals surface area contributed by atoms with Crippen molar-refractivity contribution in [2.75, 3.05) is 45.9 Å². The smallest absolute Gasteiger partial charge is 0.318 e. The zero-order valence-electron chi connectivity index (χ0n) is 15.4. The van der Waals surface area contributed by atoms with E-state index in [9.17, 15) is 4.79 Å². The quantitative estimate of drug-likeness (QED) is 0.836. The number of benzene rings is 1. The lowest BCUT2D eigenvalue weighted by Crippen LogP contribution is -2.45. The summed E-state index contributed by atoms with van der Waals surface area (Å²) >= 11 is 0. The van der Waals surface area contributed by atoms with Crippen LogP contribution in [0.5, 0.6) is 0 Å². The number of rotatable bonds is 5. The van der Waals surface area contributed by atoms with E-state index in [4.69, 9.17) is 4.74 Å². The van der Waals surface area contributed by atoms with Gasteiger partial charge in [0.25, 0.3) is 0 Å². The summed E-state index contributed by atoms with van der Waals surface area (Å²) in [6.07, 6.45) is 1.88. The minimum atomic E-state index is -0.0432. The van der Waals surface area contributed by atoms with Crippen molar-refractivity contribution in [3.63, 3.8) is 0 Å². The lowest BCUT2D eigenvalue weighted by atomic mass is 10.2. The largest absolute Gasteiger partial charge is 0.379 e. The molecule has 8 nitrogen and oxygen atoms in total. The SMILES string of the molecule is O=C(NCCN1CCOCC1)N1CCC[C@H]1c1nc(-c2ccccc2)n[nH]1. The van der Waals surface area contributed by atoms with E-state index < -0.39 is 0 Å². The van der Waals surface area contributed by atoms with Crippen molar-refractivity contribution in [1.82, 2.24) is 30.3 Å². The number of ether oxygens (including phenoxy) is 1. The van der Waals surface area contributed by atoms with Crippen LogP contribution >= 0.6 is 0 Å². The van der Waals surface area contributed by atoms with Gasteiger partial charge in [0.1, 0.15) is 5.82 Å². The molecule has 0 bridgehead atoms. The normalized spacial score (nSPS) is 20.7. The molecule has 2 aliphatic heterocycles. The molecule has 8 heteroatoms. The molecule has 0 unspecified atom stereocenters. The van der Waals surface area contributed by atoms with Gasteiger partial charge in [0.2, 0.25) is 0 Å². The number of carbonyl (C=O) groups excluding carboxylic acids is 1. The monoisotopic (exact) mass is 370 g/mol. The van der Waals surface area contributed by atoms with E-state index >= 15 is 0 Å². The van der Waals surface area contributed by atoms with Crippen molar-refractivity contribution in [2.24, 2.45) is 0 Å². The number of hydrogen-bond donors (Lipinski definition) is 2. The molecule has 0 radical (unpaired) electrons. The number of urea groups is 1. The highest BCUT2D eigenvalue weighted by atomic mass is 16.5. The highest BCUT2D eigenvalue weighted by molar-refractivity contribution is 5.75. The molecule has 1 aromatic carbocycles. The van der Waals surface area contributed by atoms with E-state index in [0.29, 0.717) is 12.4 Å². The topological polar surface area (TPSA) is 86.4 Å². The van der Waals surface area contributed by atoms with E-state index in [1.54, 1.807) is 0 Å². The molecular weight excluding hydrogens is 344 g/mol. The van der Waals surface area contributed by atoms with Crippen LogP contribution in [-0.4, -0.2) is 76.9 Å². The van der Waals surface area contributed by atoms with Gasteiger partial charge in [-0.25, -0.2) is 9.78 Å². The maximum atomic E-state index is 12.7. The molecule has 2 fully saturated rings. The fourth-order valence-electron chi connectivity index (χ4n) is 3.68. The number of morpholine rings is 1. The predicted octanol–water partition coefficient (Wildman–Crippen LogP) is 1.65. The third-order valence-electron chi connectivity index (χ3n) is 5.17. The third-order valence-corrected chi connectivity index (χ3v) is 5.17. The van der Waals surface area contributed by atoms with Crippen LogP contribution in [0.2, 0.25) is 0 Å². The summed E-state index contributed by atoms with van der Waals surface area (Å²) < 4.78 is 5.35. The van der Waals surface area contributed by atoms with Gasteiger partial charge in [-0.1, -0.05) is 30.3 Å². The second-order valence-electron chi connectivity index (χ2n) is 6.95. The molecule has 4 rings (SSSR count). The van der Waals surface area contributed by atoms with Crippen LogP contribution in [0.25, 0.3) is 11.4 Å². The van der Waals surface area contributed by atoms with Crippen LogP contribution in [-0.2, 0) is 4.74 Å².